The van der Waals surface area contributed by atoms with Gasteiger partial charge in [0, 0.05) is 59.9 Å². The lowest BCUT2D eigenvalue weighted by molar-refractivity contribution is -0.153. The summed E-state index contributed by atoms with van der Waals surface area (Å²) in [6.45, 7) is 7.90. The van der Waals surface area contributed by atoms with Crippen LogP contribution in [0.3, 0.4) is 0 Å². The summed E-state index contributed by atoms with van der Waals surface area (Å²) in [6.07, 6.45) is 5.01. The van der Waals surface area contributed by atoms with Crippen LogP contribution in [0.25, 0.3) is 0 Å². The Kier molecular flexibility index (Phi) is 7.14. The topological polar surface area (TPSA) is 158 Å². The molecule has 5 aliphatic rings. The second-order valence-electron chi connectivity index (χ2n) is 11.8. The van der Waals surface area contributed by atoms with Crippen LogP contribution in [-0.4, -0.2) is 116 Å². The van der Waals surface area contributed by atoms with Gasteiger partial charge in [-0.05, 0) is 42.7 Å². The quantitative estimate of drug-likeness (QED) is 0.273. The van der Waals surface area contributed by atoms with Gasteiger partial charge in [-0.2, -0.15) is 0 Å². The number of piperidine rings is 1. The number of hydrogen-bond acceptors (Lipinski definition) is 10. The molecule has 4 saturated heterocycles. The number of fused-ring (bicyclic) bond motifs is 2. The van der Waals surface area contributed by atoms with Crippen LogP contribution in [0.4, 0.5) is 0 Å². The van der Waals surface area contributed by atoms with Crippen molar-refractivity contribution in [1.82, 2.24) is 46.0 Å². The number of amides is 3. The molecule has 3 amide bonds. The van der Waals surface area contributed by atoms with Crippen molar-refractivity contribution in [2.75, 3.05) is 39.3 Å². The minimum Gasteiger partial charge on any atom is -0.396 e. The first-order valence-corrected chi connectivity index (χ1v) is 14.7. The highest BCUT2D eigenvalue weighted by Gasteiger charge is 2.56. The Hall–Kier alpha value is -2.55. The first kappa shape index (κ1) is 26.7. The molecule has 0 spiro atoms. The molecule has 13 nitrogen and oxygen atoms in total. The van der Waals surface area contributed by atoms with Crippen molar-refractivity contribution < 1.29 is 19.5 Å². The van der Waals surface area contributed by atoms with Crippen LogP contribution in [0.1, 0.15) is 26.7 Å². The molecule has 0 aromatic carbocycles. The number of tetrazole rings is 1. The Balaban J connectivity index is 1.01. The van der Waals surface area contributed by atoms with E-state index in [0.29, 0.717) is 12.5 Å². The van der Waals surface area contributed by atoms with Crippen LogP contribution in [0.5, 0.6) is 0 Å². The van der Waals surface area contributed by atoms with Gasteiger partial charge in [-0.3, -0.25) is 14.4 Å². The Labute approximate surface area is 231 Å². The maximum atomic E-state index is 13.4. The number of rotatable bonds is 8. The zero-order valence-corrected chi connectivity index (χ0v) is 23.1. The Morgan fingerprint density at radius 1 is 1.36 bits per heavy atom. The van der Waals surface area contributed by atoms with Crippen molar-refractivity contribution in [2.24, 2.45) is 23.2 Å². The summed E-state index contributed by atoms with van der Waals surface area (Å²) in [5.74, 6) is 0.231. The molecule has 0 aliphatic carbocycles. The number of β-lactam (4-membered cyclic amide) rings is 1. The molecular weight excluding hydrogens is 522 g/mol. The second-order valence-corrected chi connectivity index (χ2v) is 13.2. The van der Waals surface area contributed by atoms with Gasteiger partial charge >= 0.3 is 0 Å². The maximum Gasteiger partial charge on any atom is 0.242 e. The predicted octanol–water partition coefficient (Wildman–Crippen LogP) is -1.61. The van der Waals surface area contributed by atoms with Crippen LogP contribution in [0.2, 0.25) is 0 Å². The van der Waals surface area contributed by atoms with Crippen LogP contribution in [0, 0.1) is 23.2 Å². The Bertz CT molecular complexity index is 1150. The van der Waals surface area contributed by atoms with Crippen molar-refractivity contribution >= 4 is 29.5 Å². The lowest BCUT2D eigenvalue weighted by Crippen LogP contribution is -2.64. The van der Waals surface area contributed by atoms with Crippen LogP contribution < -0.4 is 16.0 Å². The molecule has 8 atom stereocenters. The molecule has 0 radical (unpaired) electrons. The molecule has 4 fully saturated rings. The molecule has 1 aromatic heterocycles. The van der Waals surface area contributed by atoms with E-state index in [2.05, 4.69) is 38.4 Å². The number of hydrogen-bond donors (Lipinski definition) is 4. The van der Waals surface area contributed by atoms with E-state index >= 15 is 0 Å². The monoisotopic (exact) mass is 559 g/mol. The average Bonchev–Trinajstić information content (AvgIpc) is 3.72. The Morgan fingerprint density at radius 2 is 2.21 bits per heavy atom. The third-order valence-corrected chi connectivity index (χ3v) is 10.8. The fourth-order valence-electron chi connectivity index (χ4n) is 7.15. The van der Waals surface area contributed by atoms with E-state index in [4.69, 9.17) is 0 Å². The Morgan fingerprint density at radius 3 is 2.97 bits per heavy atom. The lowest BCUT2D eigenvalue weighted by Gasteiger charge is -2.46. The predicted molar refractivity (Wildman–Crippen MR) is 142 cm³/mol. The fraction of sp³-hybridized carbons (Fsp3) is 0.760. The number of likely N-dealkylation sites (tertiary alicyclic amines) is 1. The molecule has 39 heavy (non-hydrogen) atoms. The number of aliphatic hydroxyl groups is 1. The first-order valence-electron chi connectivity index (χ1n) is 13.8. The van der Waals surface area contributed by atoms with Crippen LogP contribution in [-0.2, 0) is 20.9 Å². The minimum absolute atomic E-state index is 0.00594. The number of carbonyl (C=O) groups is 3. The molecule has 6 heterocycles. The molecule has 0 bridgehead atoms. The van der Waals surface area contributed by atoms with Gasteiger partial charge in [0.05, 0.1) is 24.6 Å². The van der Waals surface area contributed by atoms with Gasteiger partial charge in [0.1, 0.15) is 12.9 Å². The third kappa shape index (κ3) is 4.74. The van der Waals surface area contributed by atoms with Gasteiger partial charge in [-0.25, -0.2) is 4.68 Å². The zero-order valence-electron chi connectivity index (χ0n) is 22.3. The highest BCUT2D eigenvalue weighted by Crippen LogP contribution is 2.48. The number of aliphatic hydroxyl groups excluding tert-OH is 1. The molecule has 0 saturated carbocycles. The smallest absolute Gasteiger partial charge is 0.242 e. The molecule has 5 aliphatic heterocycles. The fourth-order valence-corrected chi connectivity index (χ4v) is 8.54. The second kappa shape index (κ2) is 10.5. The number of aromatic nitrogens is 4. The minimum atomic E-state index is -0.306. The molecule has 6 rings (SSSR count). The van der Waals surface area contributed by atoms with Crippen LogP contribution in [0.15, 0.2) is 17.4 Å². The van der Waals surface area contributed by atoms with Crippen molar-refractivity contribution in [3.8, 4) is 0 Å². The van der Waals surface area contributed by atoms with E-state index in [1.807, 2.05) is 18.0 Å². The van der Waals surface area contributed by atoms with E-state index in [-0.39, 0.29) is 71.5 Å². The standard InChI is InChI=1S/C25H37N9O4S/c1-14-19(8-34-22(14)21(24(34)38)15(2)29-20(36)9-33-13-28-30-31-33)39-17-5-18(27-7-17)23(37)32-4-3-16-6-26-10-25(16,11-32)12-35/h8,13-18,21-22,26-27,35H,3-7,9-12H2,1-2H3,(H,29,36)/t14-,15+,16?,17-,18-,21+,22+,25?/m0/s1. The summed E-state index contributed by atoms with van der Waals surface area (Å²) in [7, 11) is 0. The molecule has 1 aromatic rings. The third-order valence-electron chi connectivity index (χ3n) is 9.39. The zero-order chi connectivity index (χ0) is 27.3. The van der Waals surface area contributed by atoms with Crippen molar-refractivity contribution in [2.45, 2.75) is 56.6 Å². The number of nitrogens with zero attached hydrogens (tertiary/aromatic N) is 6. The van der Waals surface area contributed by atoms with E-state index in [0.717, 1.165) is 43.9 Å². The largest absolute Gasteiger partial charge is 0.396 e. The van der Waals surface area contributed by atoms with E-state index in [1.165, 1.54) is 11.0 Å². The van der Waals surface area contributed by atoms with Crippen molar-refractivity contribution in [1.29, 1.82) is 0 Å². The number of carbonyl (C=O) groups excluding carboxylic acids is 3. The number of nitrogens with one attached hydrogen (secondary N) is 3. The molecule has 212 valence electrons. The van der Waals surface area contributed by atoms with Crippen molar-refractivity contribution in [3.05, 3.63) is 17.4 Å². The maximum absolute atomic E-state index is 13.4. The van der Waals surface area contributed by atoms with Gasteiger partial charge in [-0.15, -0.1) is 16.9 Å². The first-order chi connectivity index (χ1) is 18.8. The normalized spacial score (nSPS) is 36.3. The summed E-state index contributed by atoms with van der Waals surface area (Å²) in [5, 5.41) is 30.9. The van der Waals surface area contributed by atoms with Gasteiger partial charge < -0.3 is 30.9 Å². The lowest BCUT2D eigenvalue weighted by atomic mass is 9.74. The van der Waals surface area contributed by atoms with E-state index < -0.39 is 0 Å². The summed E-state index contributed by atoms with van der Waals surface area (Å²) < 4.78 is 1.34. The van der Waals surface area contributed by atoms with E-state index in [1.54, 1.807) is 16.7 Å². The summed E-state index contributed by atoms with van der Waals surface area (Å²) in [6, 6.07) is -0.506. The van der Waals surface area contributed by atoms with Crippen LogP contribution >= 0.6 is 11.8 Å². The summed E-state index contributed by atoms with van der Waals surface area (Å²) in [5.41, 5.74) is -0.217. The highest BCUT2D eigenvalue weighted by atomic mass is 32.2. The summed E-state index contributed by atoms with van der Waals surface area (Å²) in [4.78, 5) is 43.7. The average molecular weight is 560 g/mol. The van der Waals surface area contributed by atoms with Gasteiger partial charge in [-0.1, -0.05) is 6.92 Å². The van der Waals surface area contributed by atoms with E-state index in [9.17, 15) is 19.5 Å². The summed E-state index contributed by atoms with van der Waals surface area (Å²) >= 11 is 1.76. The SMILES string of the molecule is C[C@@H](NC(=O)Cn1cnnn1)[C@H]1C(=O)N2C=C(S[C@@H]3CN[C@H](C(=O)N4CCC5CNCC5(CO)C4)C3)[C@H](C)[C@H]12. The highest BCUT2D eigenvalue weighted by molar-refractivity contribution is 8.03. The molecule has 4 N–H and O–H groups in total. The van der Waals surface area contributed by atoms with Crippen molar-refractivity contribution in [3.63, 3.8) is 0 Å². The molecular formula is C25H37N9O4S. The van der Waals surface area contributed by atoms with Gasteiger partial charge in [0.25, 0.3) is 0 Å². The molecule has 14 heteroatoms. The molecule has 2 unspecified atom stereocenters. The van der Waals surface area contributed by atoms with Gasteiger partial charge in [0.2, 0.25) is 17.7 Å². The number of thioether (sulfide) groups is 1. The van der Waals surface area contributed by atoms with Gasteiger partial charge in [0.15, 0.2) is 0 Å².